The quantitative estimate of drug-likeness (QED) is 0.188. The molecule has 2 N–H and O–H groups in total. The Hall–Kier alpha value is -4.62. The van der Waals surface area contributed by atoms with Crippen molar-refractivity contribution >= 4 is 36.1 Å². The molecule has 2 aliphatic rings. The van der Waals surface area contributed by atoms with Crippen LogP contribution in [0.4, 0.5) is 9.59 Å². The van der Waals surface area contributed by atoms with Crippen LogP contribution in [0.3, 0.4) is 0 Å². The fourth-order valence-corrected chi connectivity index (χ4v) is 2.13. The Morgan fingerprint density at radius 3 is 1.41 bits per heavy atom. The number of rotatable bonds is 10. The lowest BCUT2D eigenvalue weighted by Crippen LogP contribution is -2.30. The van der Waals surface area contributed by atoms with Gasteiger partial charge < -0.3 is 39.1 Å². The number of amides is 2. The summed E-state index contributed by atoms with van der Waals surface area (Å²) in [5.41, 5.74) is 0.340. The average molecular weight is 480 g/mol. The first-order valence-corrected chi connectivity index (χ1v) is 9.51. The maximum absolute atomic E-state index is 12.0. The average Bonchev–Trinajstić information content (AvgIpc) is 3.22. The van der Waals surface area contributed by atoms with E-state index < -0.39 is 59.1 Å². The molecular formula is C20H20N2O12. The largest absolute Gasteiger partial charge is 0.460 e. The number of esters is 4. The highest BCUT2D eigenvalue weighted by atomic mass is 16.7. The normalized spacial score (nSPS) is 13.9. The summed E-state index contributed by atoms with van der Waals surface area (Å²) in [5, 5.41) is 4.40. The minimum absolute atomic E-state index is 0.159. The number of carbonyl (C=O) groups is 6. The molecule has 2 heterocycles. The van der Waals surface area contributed by atoms with Crippen LogP contribution >= 0.6 is 0 Å². The van der Waals surface area contributed by atoms with Crippen molar-refractivity contribution in [3.8, 4) is 0 Å². The first-order valence-electron chi connectivity index (χ1n) is 9.51. The zero-order valence-electron chi connectivity index (χ0n) is 18.1. The van der Waals surface area contributed by atoms with Crippen molar-refractivity contribution in [2.45, 2.75) is 13.8 Å². The summed E-state index contributed by atoms with van der Waals surface area (Å²) in [5.74, 6) is -6.32. The van der Waals surface area contributed by atoms with Crippen molar-refractivity contribution < 1.29 is 57.2 Å². The maximum Gasteiger partial charge on any atom is 0.413 e. The van der Waals surface area contributed by atoms with Gasteiger partial charge in [0.05, 0.1) is 13.1 Å². The molecule has 0 saturated carbocycles. The Morgan fingerprint density at radius 1 is 0.735 bits per heavy atom. The summed E-state index contributed by atoms with van der Waals surface area (Å²) in [6.07, 6.45) is -2.28. The summed E-state index contributed by atoms with van der Waals surface area (Å²) < 4.78 is 28.7. The molecule has 0 fully saturated rings. The van der Waals surface area contributed by atoms with Crippen LogP contribution in [0.2, 0.25) is 0 Å². The number of alkyl carbamates (subject to hydrolysis) is 2. The Bertz CT molecular complexity index is 954. The molecule has 0 unspecified atom stereocenters. The zero-order valence-corrected chi connectivity index (χ0v) is 18.1. The van der Waals surface area contributed by atoms with Gasteiger partial charge in [-0.1, -0.05) is 13.2 Å². The summed E-state index contributed by atoms with van der Waals surface area (Å²) in [4.78, 5) is 70.2. The first kappa shape index (κ1) is 25.6. The van der Waals surface area contributed by atoms with E-state index in [9.17, 15) is 28.8 Å². The lowest BCUT2D eigenvalue weighted by atomic mass is 10.4. The van der Waals surface area contributed by atoms with Crippen molar-refractivity contribution in [3.63, 3.8) is 0 Å². The van der Waals surface area contributed by atoms with Crippen molar-refractivity contribution in [2.75, 3.05) is 26.3 Å². The third-order valence-electron chi connectivity index (χ3n) is 3.67. The van der Waals surface area contributed by atoms with E-state index in [2.05, 4.69) is 23.8 Å². The molecule has 182 valence electrons. The van der Waals surface area contributed by atoms with Gasteiger partial charge in [0.25, 0.3) is 11.5 Å². The third-order valence-corrected chi connectivity index (χ3v) is 3.67. The predicted octanol–water partition coefficient (Wildman–Crippen LogP) is 0.214. The first-order chi connectivity index (χ1) is 16.0. The minimum Gasteiger partial charge on any atom is -0.460 e. The molecule has 0 spiro atoms. The molecule has 0 radical (unpaired) electrons. The van der Waals surface area contributed by atoms with Gasteiger partial charge in [0.1, 0.15) is 13.2 Å². The second-order valence-corrected chi connectivity index (χ2v) is 6.56. The lowest BCUT2D eigenvalue weighted by Gasteiger charge is -2.08. The number of hydrogen-bond donors (Lipinski definition) is 2. The Balaban J connectivity index is 1.91. The summed E-state index contributed by atoms with van der Waals surface area (Å²) in [6, 6.07) is 0. The van der Waals surface area contributed by atoms with E-state index in [4.69, 9.17) is 28.4 Å². The van der Waals surface area contributed by atoms with Crippen molar-refractivity contribution in [2.24, 2.45) is 0 Å². The molecular weight excluding hydrogens is 460 g/mol. The maximum atomic E-state index is 12.0. The van der Waals surface area contributed by atoms with Gasteiger partial charge in [0.15, 0.2) is 0 Å². The predicted molar refractivity (Wildman–Crippen MR) is 107 cm³/mol. The van der Waals surface area contributed by atoms with Gasteiger partial charge in [-0.25, -0.2) is 28.8 Å². The number of nitrogens with one attached hydrogen (secondary N) is 2. The molecule has 34 heavy (non-hydrogen) atoms. The number of fused-ring (bicyclic) bond motifs is 1. The van der Waals surface area contributed by atoms with Crippen LogP contribution < -0.4 is 10.6 Å². The minimum atomic E-state index is -1.19. The molecule has 0 atom stereocenters. The second kappa shape index (κ2) is 11.3. The number of carbonyl (C=O) groups excluding carboxylic acids is 6. The SMILES string of the molecule is C=C(C)C(=O)OCCNC(=O)OC1=C2OC(=O)C(OC(=O)NCCOC(=O)C(=C)C)=C2OC1=O. The molecule has 2 aliphatic heterocycles. The van der Waals surface area contributed by atoms with Crippen LogP contribution in [-0.2, 0) is 47.6 Å². The topological polar surface area (TPSA) is 182 Å². The van der Waals surface area contributed by atoms with Gasteiger partial charge in [-0.05, 0) is 13.8 Å². The summed E-state index contributed by atoms with van der Waals surface area (Å²) in [6.45, 7) is 8.96. The Labute approximate surface area is 192 Å². The highest BCUT2D eigenvalue weighted by Crippen LogP contribution is 2.36. The van der Waals surface area contributed by atoms with Gasteiger partial charge in [0.2, 0.25) is 11.5 Å². The van der Waals surface area contributed by atoms with Crippen LogP contribution in [-0.4, -0.2) is 62.4 Å². The van der Waals surface area contributed by atoms with E-state index >= 15 is 0 Å². The fourth-order valence-electron chi connectivity index (χ4n) is 2.13. The molecule has 0 aromatic heterocycles. The summed E-state index contributed by atoms with van der Waals surface area (Å²) in [7, 11) is 0. The Kier molecular flexibility index (Phi) is 8.53. The van der Waals surface area contributed by atoms with Crippen LogP contribution in [0.1, 0.15) is 13.8 Å². The monoisotopic (exact) mass is 480 g/mol. The molecule has 0 aromatic carbocycles. The van der Waals surface area contributed by atoms with Crippen LogP contribution in [0.5, 0.6) is 0 Å². The van der Waals surface area contributed by atoms with E-state index in [1.54, 1.807) is 0 Å². The third kappa shape index (κ3) is 6.69. The van der Waals surface area contributed by atoms with Gasteiger partial charge in [0, 0.05) is 11.1 Å². The molecule has 2 rings (SSSR count). The van der Waals surface area contributed by atoms with E-state index in [0.717, 1.165) is 0 Å². The lowest BCUT2D eigenvalue weighted by molar-refractivity contribution is -0.139. The molecule has 14 nitrogen and oxygen atoms in total. The molecule has 0 bridgehead atoms. The standard InChI is InChI=1S/C20H20N2O12/c1-9(2)15(23)29-7-5-21-19(27)33-13-11-12(32-17(13)25)14(18(26)31-11)34-20(28)22-6-8-30-16(24)10(3)4/h1,3,5-8H2,2,4H3,(H,21,27)(H,22,28). The van der Waals surface area contributed by atoms with Gasteiger partial charge >= 0.3 is 36.1 Å². The van der Waals surface area contributed by atoms with Gasteiger partial charge in [-0.15, -0.1) is 0 Å². The van der Waals surface area contributed by atoms with Gasteiger partial charge in [-0.3, -0.25) is 0 Å². The molecule has 14 heteroatoms. The van der Waals surface area contributed by atoms with E-state index in [0.29, 0.717) is 0 Å². The van der Waals surface area contributed by atoms with Crippen molar-refractivity contribution in [1.82, 2.24) is 10.6 Å². The number of hydrogen-bond acceptors (Lipinski definition) is 12. The van der Waals surface area contributed by atoms with Crippen LogP contribution in [0.25, 0.3) is 0 Å². The molecule has 0 aliphatic carbocycles. The smallest absolute Gasteiger partial charge is 0.413 e. The van der Waals surface area contributed by atoms with Crippen LogP contribution in [0.15, 0.2) is 47.3 Å². The second-order valence-electron chi connectivity index (χ2n) is 6.56. The molecule has 2 amide bonds. The van der Waals surface area contributed by atoms with E-state index in [1.165, 1.54) is 13.8 Å². The zero-order chi connectivity index (χ0) is 25.4. The number of ether oxygens (including phenoxy) is 6. The van der Waals surface area contributed by atoms with E-state index in [1.807, 2.05) is 0 Å². The van der Waals surface area contributed by atoms with Crippen molar-refractivity contribution in [1.29, 1.82) is 0 Å². The van der Waals surface area contributed by atoms with E-state index in [-0.39, 0.29) is 37.4 Å². The van der Waals surface area contributed by atoms with Crippen LogP contribution in [0, 0.1) is 0 Å². The summed E-state index contributed by atoms with van der Waals surface area (Å²) >= 11 is 0. The Morgan fingerprint density at radius 2 is 1.09 bits per heavy atom. The molecule has 0 saturated heterocycles. The molecule has 0 aromatic rings. The fraction of sp³-hybridized carbons (Fsp3) is 0.300. The van der Waals surface area contributed by atoms with Crippen molar-refractivity contribution in [3.05, 3.63) is 47.3 Å². The highest BCUT2D eigenvalue weighted by molar-refractivity contribution is 6.02. The highest BCUT2D eigenvalue weighted by Gasteiger charge is 2.47. The van der Waals surface area contributed by atoms with Gasteiger partial charge in [-0.2, -0.15) is 0 Å².